The van der Waals surface area contributed by atoms with Gasteiger partial charge in [-0.3, -0.25) is 6.42 Å². The van der Waals surface area contributed by atoms with Gasteiger partial charge in [-0.25, -0.2) is 0 Å². The molecule has 3 rings (SSSR count). The van der Waals surface area contributed by atoms with Gasteiger partial charge in [-0.05, 0) is 29.4 Å². The Hall–Kier alpha value is 2.99. The largest absolute Gasteiger partial charge is 1.00 e. The Kier molecular flexibility index (Phi) is 24.9. The van der Waals surface area contributed by atoms with Gasteiger partial charge in [0.1, 0.15) is 0 Å². The predicted molar refractivity (Wildman–Crippen MR) is 139 cm³/mol. The number of hydrogen-bond donors (Lipinski definition) is 0. The second-order valence-electron chi connectivity index (χ2n) is 9.21. The number of methoxy groups -OCH3 is 2. The van der Waals surface area contributed by atoms with Gasteiger partial charge in [-0.15, -0.1) is 5.75 Å². The summed E-state index contributed by atoms with van der Waals surface area (Å²) in [6, 6.07) is 10.2. The van der Waals surface area contributed by atoms with Gasteiger partial charge < -0.3 is 49.8 Å². The van der Waals surface area contributed by atoms with Crippen molar-refractivity contribution in [1.29, 1.82) is 0 Å². The monoisotopic (exact) mass is 577 g/mol. The zero-order chi connectivity index (χ0) is 23.7. The third-order valence-corrected chi connectivity index (χ3v) is 7.42. The fourth-order valence-electron chi connectivity index (χ4n) is 4.28. The van der Waals surface area contributed by atoms with Gasteiger partial charge in [0.25, 0.3) is 0 Å². The number of thiol groups is 1. The first-order valence-electron chi connectivity index (χ1n) is 11.7. The number of benzene rings is 1. The summed E-state index contributed by atoms with van der Waals surface area (Å²) in [5.41, 5.74) is 1.18. The van der Waals surface area contributed by atoms with E-state index in [0.29, 0.717) is 48.6 Å². The maximum Gasteiger partial charge on any atom is 1.00 e. The first kappa shape index (κ1) is 40.1. The van der Waals surface area contributed by atoms with E-state index in [4.69, 9.17) is 36.3 Å². The van der Waals surface area contributed by atoms with Gasteiger partial charge in [0.15, 0.2) is 12.6 Å². The fourth-order valence-corrected chi connectivity index (χ4v) is 4.66. The summed E-state index contributed by atoms with van der Waals surface area (Å²) in [4.78, 5) is 0. The van der Waals surface area contributed by atoms with Gasteiger partial charge >= 0.3 is 103 Å². The normalized spacial score (nSPS) is 34.2. The predicted octanol–water partition coefficient (Wildman–Crippen LogP) is -1.40. The van der Waals surface area contributed by atoms with Crippen LogP contribution in [0.4, 0.5) is 0 Å². The molecule has 2 fully saturated rings. The van der Waals surface area contributed by atoms with E-state index in [2.05, 4.69) is 53.2 Å². The summed E-state index contributed by atoms with van der Waals surface area (Å²) in [7, 11) is 3.39. The van der Waals surface area contributed by atoms with Crippen LogP contribution in [0.1, 0.15) is 40.2 Å². The van der Waals surface area contributed by atoms with E-state index in [1.165, 1.54) is 5.56 Å². The Morgan fingerprint density at radius 2 is 1.40 bits per heavy atom. The smallest absolute Gasteiger partial charge is 0.813 e. The van der Waals surface area contributed by atoms with Crippen LogP contribution in [0.2, 0.25) is 0 Å². The van der Waals surface area contributed by atoms with Gasteiger partial charge in [0.05, 0.1) is 6.61 Å². The van der Waals surface area contributed by atoms with Crippen molar-refractivity contribution in [1.82, 2.24) is 0 Å². The molecule has 9 heteroatoms. The summed E-state index contributed by atoms with van der Waals surface area (Å²) < 4.78 is 28.0. The maximum absolute atomic E-state index is 5.85. The molecule has 4 unspecified atom stereocenters. The Morgan fingerprint density at radius 1 is 0.829 bits per heavy atom. The number of ether oxygens (including phenoxy) is 5. The molecule has 0 bridgehead atoms. The van der Waals surface area contributed by atoms with Gasteiger partial charge in [0, 0.05) is 32.8 Å². The topological polar surface area (TPSA) is 46.2 Å². The van der Waals surface area contributed by atoms with E-state index < -0.39 is 0 Å². The molecule has 2 aliphatic heterocycles. The molecule has 0 spiro atoms. The Labute approximate surface area is 311 Å². The van der Waals surface area contributed by atoms with E-state index in [9.17, 15) is 0 Å². The second kappa shape index (κ2) is 21.7. The Balaban J connectivity index is 0. The van der Waals surface area contributed by atoms with E-state index in [-0.39, 0.29) is 141 Å². The van der Waals surface area contributed by atoms with Gasteiger partial charge in [0.2, 0.25) is 0 Å². The molecule has 1 aromatic carbocycles. The van der Waals surface area contributed by atoms with Crippen LogP contribution >= 0.6 is 0 Å². The maximum atomic E-state index is 5.85. The number of rotatable bonds is 7. The summed E-state index contributed by atoms with van der Waals surface area (Å²) >= 11 is 5.06. The molecule has 0 aromatic heterocycles. The van der Waals surface area contributed by atoms with Crippen LogP contribution < -0.4 is 103 Å². The van der Waals surface area contributed by atoms with Crippen LogP contribution in [0.5, 0.6) is 0 Å². The van der Waals surface area contributed by atoms with Crippen LogP contribution in [0.25, 0.3) is 0 Å². The van der Waals surface area contributed by atoms with Crippen molar-refractivity contribution in [3.63, 3.8) is 0 Å². The van der Waals surface area contributed by atoms with E-state index >= 15 is 0 Å². The zero-order valence-electron chi connectivity index (χ0n) is 23.2. The molecule has 0 radical (unpaired) electrons. The minimum atomic E-state index is -0.134. The summed E-state index contributed by atoms with van der Waals surface area (Å²) in [5, 5.41) is 0. The van der Waals surface area contributed by atoms with Crippen LogP contribution in [-0.4, -0.2) is 51.4 Å². The minimum Gasteiger partial charge on any atom is -0.813 e. The molecule has 0 aliphatic carbocycles. The van der Waals surface area contributed by atoms with E-state index in [1.807, 2.05) is 18.2 Å². The molecule has 0 amide bonds. The van der Waals surface area contributed by atoms with Crippen molar-refractivity contribution in [2.24, 2.45) is 29.6 Å². The SMILES string of the molecule is CO[C@H]1OC(COCc2ccccc2)[CH-][C@H](C)C1C.CO[C@H]1OC(C[S-])[C@@H](C)[C@H](C)C1C.[K+].[K+].[SH-]. The molecular formula is C26H43K2O5S2-. The molecule has 2 heterocycles. The Morgan fingerprint density at radius 3 is 1.94 bits per heavy atom. The molecule has 9 atom stereocenters. The van der Waals surface area contributed by atoms with Crippen molar-refractivity contribution in [2.45, 2.75) is 66.0 Å². The summed E-state index contributed by atoms with van der Waals surface area (Å²) in [6.07, 6.45) is 2.21. The molecule has 2 saturated heterocycles. The molecular weight excluding hydrogens is 535 g/mol. The second-order valence-corrected chi connectivity index (χ2v) is 9.55. The van der Waals surface area contributed by atoms with Crippen molar-refractivity contribution < 1.29 is 126 Å². The average Bonchev–Trinajstić information content (AvgIpc) is 2.81. The molecule has 0 saturated carbocycles. The quantitative estimate of drug-likeness (QED) is 0.171. The third-order valence-electron chi connectivity index (χ3n) is 7.09. The standard InChI is InChI=1S/C16H23O3.C10H20O2S.2K.H2S/c1-12-9-15(19-16(17-3)13(12)2)11-18-10-14-7-5-4-6-8-14;1-6-7(2)9(5-13)12-10(11-4)8(6)3;;;/h4-9,12-13,15-16H,10-11H2,1-3H3;6-10,13H,5H2,1-4H3;;;1H2/q-1;;2*+1;/p-2/t12-,13?,15?,16-;6-,7-,8?,9?,10-;;;/m00.../s1. The van der Waals surface area contributed by atoms with Crippen molar-refractivity contribution in [3.05, 3.63) is 42.3 Å². The first-order valence-corrected chi connectivity index (χ1v) is 12.3. The van der Waals surface area contributed by atoms with Crippen molar-refractivity contribution >= 4 is 26.1 Å². The number of hydrogen-bond acceptors (Lipinski definition) is 7. The molecule has 35 heavy (non-hydrogen) atoms. The molecule has 5 nitrogen and oxygen atoms in total. The molecule has 192 valence electrons. The molecule has 0 N–H and O–H groups in total. The first-order chi connectivity index (χ1) is 15.3. The van der Waals surface area contributed by atoms with Crippen molar-refractivity contribution in [3.8, 4) is 0 Å². The van der Waals surface area contributed by atoms with Crippen LogP contribution in [0.3, 0.4) is 0 Å². The van der Waals surface area contributed by atoms with Crippen molar-refractivity contribution in [2.75, 3.05) is 26.6 Å². The fraction of sp³-hybridized carbons (Fsp3) is 0.731. The third kappa shape index (κ3) is 13.0. The zero-order valence-corrected chi connectivity index (χ0v) is 31.1. The van der Waals surface area contributed by atoms with Crippen LogP contribution in [0, 0.1) is 36.0 Å². The molecule has 1 aromatic rings. The van der Waals surface area contributed by atoms with Gasteiger partial charge in [-0.1, -0.05) is 65.0 Å². The molecule has 2 aliphatic rings. The van der Waals surface area contributed by atoms with Gasteiger partial charge in [-0.2, -0.15) is 5.92 Å². The minimum absolute atomic E-state index is 0. The summed E-state index contributed by atoms with van der Waals surface area (Å²) in [5.74, 6) is 3.14. The van der Waals surface area contributed by atoms with Crippen LogP contribution in [0.15, 0.2) is 30.3 Å². The Bertz CT molecular complexity index is 625. The van der Waals surface area contributed by atoms with E-state index in [0.717, 1.165) is 0 Å². The average molecular weight is 578 g/mol. The van der Waals surface area contributed by atoms with Crippen LogP contribution in [-0.2, 0) is 56.4 Å². The van der Waals surface area contributed by atoms with E-state index in [1.54, 1.807) is 14.2 Å². The summed E-state index contributed by atoms with van der Waals surface area (Å²) in [6.45, 7) is 12.2.